The third-order valence-electron chi connectivity index (χ3n) is 2.93. The fourth-order valence-corrected chi connectivity index (χ4v) is 2.08. The van der Waals surface area contributed by atoms with Gasteiger partial charge in [0.15, 0.2) is 0 Å². The van der Waals surface area contributed by atoms with Gasteiger partial charge in [0.2, 0.25) is 0 Å². The molecule has 0 saturated heterocycles. The van der Waals surface area contributed by atoms with Crippen molar-refractivity contribution in [1.82, 2.24) is 0 Å². The van der Waals surface area contributed by atoms with Crippen molar-refractivity contribution in [2.45, 2.75) is 19.0 Å². The minimum atomic E-state index is -4.40. The van der Waals surface area contributed by atoms with Gasteiger partial charge in [-0.3, -0.25) is 0 Å². The lowest BCUT2D eigenvalue weighted by Crippen LogP contribution is -2.07. The Balaban J connectivity index is 2.49. The fraction of sp³-hybridized carbons (Fsp3) is 0.308. The monoisotopic (exact) mass is 271 g/mol. The molecule has 0 spiro atoms. The van der Waals surface area contributed by atoms with Gasteiger partial charge in [-0.1, -0.05) is 6.07 Å². The standard InChI is InChI=1S/C13H12F3NO2/c14-13(15,16)9-3-4-10-8(6-12(18)19)2-1-5-17-11(10)7-9/h3-4,6-7,17H,1-2,5H2,(H,18,19)/b8-6+. The number of anilines is 1. The minimum Gasteiger partial charge on any atom is -0.478 e. The predicted octanol–water partition coefficient (Wildman–Crippen LogP) is 3.38. The van der Waals surface area contributed by atoms with E-state index in [4.69, 9.17) is 5.11 Å². The van der Waals surface area contributed by atoms with Gasteiger partial charge in [-0.25, -0.2) is 4.79 Å². The van der Waals surface area contributed by atoms with Gasteiger partial charge in [0.25, 0.3) is 0 Å². The van der Waals surface area contributed by atoms with E-state index in [-0.39, 0.29) is 0 Å². The van der Waals surface area contributed by atoms with E-state index in [0.29, 0.717) is 36.2 Å². The number of hydrogen-bond acceptors (Lipinski definition) is 2. The number of alkyl halides is 3. The van der Waals surface area contributed by atoms with E-state index in [1.54, 1.807) is 0 Å². The number of carboxylic acids is 1. The number of halogens is 3. The second kappa shape index (κ2) is 4.95. The summed E-state index contributed by atoms with van der Waals surface area (Å²) >= 11 is 0. The lowest BCUT2D eigenvalue weighted by Gasteiger charge is -2.13. The van der Waals surface area contributed by atoms with Crippen LogP contribution in [0.15, 0.2) is 24.3 Å². The summed E-state index contributed by atoms with van der Waals surface area (Å²) in [5.74, 6) is -1.09. The number of hydrogen-bond donors (Lipinski definition) is 2. The molecule has 0 atom stereocenters. The number of fused-ring (bicyclic) bond motifs is 1. The van der Waals surface area contributed by atoms with Crippen molar-refractivity contribution in [3.8, 4) is 0 Å². The Bertz CT molecular complexity index is 535. The molecule has 0 aliphatic carbocycles. The molecule has 0 radical (unpaired) electrons. The van der Waals surface area contributed by atoms with Crippen molar-refractivity contribution in [2.75, 3.05) is 11.9 Å². The van der Waals surface area contributed by atoms with Crippen molar-refractivity contribution >= 4 is 17.2 Å². The molecule has 3 nitrogen and oxygen atoms in total. The van der Waals surface area contributed by atoms with Gasteiger partial charge in [0, 0.05) is 23.9 Å². The van der Waals surface area contributed by atoms with Gasteiger partial charge in [-0.2, -0.15) is 13.2 Å². The Hall–Kier alpha value is -1.98. The Morgan fingerprint density at radius 1 is 1.37 bits per heavy atom. The van der Waals surface area contributed by atoms with E-state index in [1.165, 1.54) is 6.07 Å². The van der Waals surface area contributed by atoms with Crippen LogP contribution in [0.5, 0.6) is 0 Å². The Morgan fingerprint density at radius 2 is 2.11 bits per heavy atom. The van der Waals surface area contributed by atoms with Crippen LogP contribution >= 0.6 is 0 Å². The number of rotatable bonds is 1. The van der Waals surface area contributed by atoms with E-state index in [2.05, 4.69) is 5.32 Å². The van der Waals surface area contributed by atoms with Crippen molar-refractivity contribution in [2.24, 2.45) is 0 Å². The molecule has 0 amide bonds. The molecule has 0 unspecified atom stereocenters. The second-order valence-electron chi connectivity index (χ2n) is 4.30. The van der Waals surface area contributed by atoms with Crippen molar-refractivity contribution in [3.05, 3.63) is 35.4 Å². The van der Waals surface area contributed by atoms with Crippen LogP contribution in [0, 0.1) is 0 Å². The number of benzene rings is 1. The van der Waals surface area contributed by atoms with Crippen LogP contribution in [0.3, 0.4) is 0 Å². The highest BCUT2D eigenvalue weighted by Gasteiger charge is 2.31. The molecular formula is C13H12F3NO2. The first-order chi connectivity index (χ1) is 8.88. The SMILES string of the molecule is O=C(O)/C=C1\CCCNc2cc(C(F)(F)F)ccc21. The highest BCUT2D eigenvalue weighted by atomic mass is 19.4. The van der Waals surface area contributed by atoms with Gasteiger partial charge < -0.3 is 10.4 Å². The Morgan fingerprint density at radius 3 is 2.74 bits per heavy atom. The lowest BCUT2D eigenvalue weighted by atomic mass is 9.99. The molecular weight excluding hydrogens is 259 g/mol. The molecule has 2 rings (SSSR count). The minimum absolute atomic E-state index is 0.333. The first kappa shape index (κ1) is 13.5. The number of nitrogens with one attached hydrogen (secondary N) is 1. The summed E-state index contributed by atoms with van der Waals surface area (Å²) in [7, 11) is 0. The van der Waals surface area contributed by atoms with Gasteiger partial charge in [0.1, 0.15) is 0 Å². The molecule has 1 aromatic carbocycles. The smallest absolute Gasteiger partial charge is 0.416 e. The summed E-state index contributed by atoms with van der Waals surface area (Å²) in [5.41, 5.74) is 0.657. The number of aliphatic carboxylic acids is 1. The van der Waals surface area contributed by atoms with Crippen LogP contribution in [0.4, 0.5) is 18.9 Å². The van der Waals surface area contributed by atoms with E-state index in [1.807, 2.05) is 0 Å². The molecule has 0 fully saturated rings. The van der Waals surface area contributed by atoms with Crippen LogP contribution in [-0.4, -0.2) is 17.6 Å². The van der Waals surface area contributed by atoms with Crippen LogP contribution in [-0.2, 0) is 11.0 Å². The fourth-order valence-electron chi connectivity index (χ4n) is 2.08. The van der Waals surface area contributed by atoms with Crippen molar-refractivity contribution < 1.29 is 23.1 Å². The number of carboxylic acid groups (broad SMARTS) is 1. The highest BCUT2D eigenvalue weighted by Crippen LogP contribution is 2.36. The van der Waals surface area contributed by atoms with E-state index in [0.717, 1.165) is 18.2 Å². The summed E-state index contributed by atoms with van der Waals surface area (Å²) in [5, 5.41) is 11.7. The van der Waals surface area contributed by atoms with Crippen molar-refractivity contribution in [1.29, 1.82) is 0 Å². The molecule has 0 bridgehead atoms. The normalized spacial score (nSPS) is 17.5. The molecule has 0 aromatic heterocycles. The summed E-state index contributed by atoms with van der Waals surface area (Å²) in [6, 6.07) is 3.32. The highest BCUT2D eigenvalue weighted by molar-refractivity contribution is 5.92. The Labute approximate surface area is 107 Å². The third-order valence-corrected chi connectivity index (χ3v) is 2.93. The first-order valence-corrected chi connectivity index (χ1v) is 5.77. The summed E-state index contributed by atoms with van der Waals surface area (Å²) in [6.07, 6.45) is -2.15. The van der Waals surface area contributed by atoms with Crippen LogP contribution in [0.25, 0.3) is 5.57 Å². The Kier molecular flexibility index (Phi) is 3.50. The molecule has 19 heavy (non-hydrogen) atoms. The summed E-state index contributed by atoms with van der Waals surface area (Å²) in [4.78, 5) is 10.7. The van der Waals surface area contributed by atoms with E-state index >= 15 is 0 Å². The maximum atomic E-state index is 12.6. The molecule has 0 saturated carbocycles. The molecule has 2 N–H and O–H groups in total. The van der Waals surface area contributed by atoms with Gasteiger partial charge in [-0.15, -0.1) is 0 Å². The average Bonchev–Trinajstić information content (AvgIpc) is 2.49. The van der Waals surface area contributed by atoms with E-state index < -0.39 is 17.7 Å². The van der Waals surface area contributed by atoms with Gasteiger partial charge >= 0.3 is 12.1 Å². The maximum absolute atomic E-state index is 12.6. The number of carbonyl (C=O) groups is 1. The zero-order valence-corrected chi connectivity index (χ0v) is 9.92. The molecule has 1 aromatic rings. The van der Waals surface area contributed by atoms with Gasteiger partial charge in [-0.05, 0) is 30.5 Å². The lowest BCUT2D eigenvalue weighted by molar-refractivity contribution is -0.137. The molecule has 102 valence electrons. The second-order valence-corrected chi connectivity index (χ2v) is 4.30. The third kappa shape index (κ3) is 3.07. The quantitative estimate of drug-likeness (QED) is 0.770. The largest absolute Gasteiger partial charge is 0.478 e. The topological polar surface area (TPSA) is 49.3 Å². The molecule has 6 heteroatoms. The maximum Gasteiger partial charge on any atom is 0.416 e. The zero-order chi connectivity index (χ0) is 14.0. The summed E-state index contributed by atoms with van der Waals surface area (Å²) in [6.45, 7) is 0.519. The van der Waals surface area contributed by atoms with Crippen LogP contribution < -0.4 is 5.32 Å². The molecule has 1 heterocycles. The summed E-state index contributed by atoms with van der Waals surface area (Å²) < 4.78 is 37.9. The van der Waals surface area contributed by atoms with Crippen LogP contribution in [0.1, 0.15) is 24.0 Å². The van der Waals surface area contributed by atoms with Crippen molar-refractivity contribution in [3.63, 3.8) is 0 Å². The van der Waals surface area contributed by atoms with E-state index in [9.17, 15) is 18.0 Å². The molecule has 1 aliphatic rings. The molecule has 1 aliphatic heterocycles. The predicted molar refractivity (Wildman–Crippen MR) is 64.8 cm³/mol. The zero-order valence-electron chi connectivity index (χ0n) is 9.92. The van der Waals surface area contributed by atoms with Gasteiger partial charge in [0.05, 0.1) is 5.56 Å². The first-order valence-electron chi connectivity index (χ1n) is 5.77. The van der Waals surface area contributed by atoms with Crippen LogP contribution in [0.2, 0.25) is 0 Å². The average molecular weight is 271 g/mol. The number of allylic oxidation sites excluding steroid dienone is 1.